The Morgan fingerprint density at radius 1 is 1.21 bits per heavy atom. The van der Waals surface area contributed by atoms with Gasteiger partial charge in [-0.05, 0) is 0 Å². The highest BCUT2D eigenvalue weighted by atomic mass is 19.4. The Morgan fingerprint density at radius 3 is 2.21 bits per heavy atom. The number of hydrogen-bond acceptors (Lipinski definition) is 3. The lowest BCUT2D eigenvalue weighted by Crippen LogP contribution is -2.21. The standard InChI is InChI=1S/C9H3F7N2O/c10-7-6(8(11,12)13)4(1-2-17)5(3-18-7)19-9(14,15)16/h3H,1H2. The van der Waals surface area contributed by atoms with Gasteiger partial charge in [0.25, 0.3) is 0 Å². The Labute approximate surface area is 101 Å². The number of hydrogen-bond donors (Lipinski definition) is 0. The number of pyridine rings is 1. The fourth-order valence-corrected chi connectivity index (χ4v) is 1.26. The first kappa shape index (κ1) is 15.0. The van der Waals surface area contributed by atoms with Crippen molar-refractivity contribution in [1.29, 1.82) is 5.26 Å². The lowest BCUT2D eigenvalue weighted by molar-refractivity contribution is -0.275. The van der Waals surface area contributed by atoms with E-state index in [4.69, 9.17) is 5.26 Å². The minimum Gasteiger partial charge on any atom is -0.404 e. The van der Waals surface area contributed by atoms with E-state index >= 15 is 0 Å². The Balaban J connectivity index is 3.46. The molecule has 3 nitrogen and oxygen atoms in total. The summed E-state index contributed by atoms with van der Waals surface area (Å²) >= 11 is 0. The molecular formula is C9H3F7N2O. The van der Waals surface area contributed by atoms with Crippen LogP contribution in [-0.4, -0.2) is 11.3 Å². The Morgan fingerprint density at radius 2 is 1.79 bits per heavy atom. The first-order chi connectivity index (χ1) is 8.56. The SMILES string of the molecule is N#CCc1c(OC(F)(F)F)cnc(F)c1C(F)(F)F. The van der Waals surface area contributed by atoms with Gasteiger partial charge in [0.2, 0.25) is 5.95 Å². The third-order valence-corrected chi connectivity index (χ3v) is 1.87. The van der Waals surface area contributed by atoms with Gasteiger partial charge in [-0.3, -0.25) is 0 Å². The number of ether oxygens (including phenoxy) is 1. The second-order valence-corrected chi connectivity index (χ2v) is 3.15. The third-order valence-electron chi connectivity index (χ3n) is 1.87. The summed E-state index contributed by atoms with van der Waals surface area (Å²) in [6, 6.07) is 1.21. The van der Waals surface area contributed by atoms with Gasteiger partial charge in [0.1, 0.15) is 5.56 Å². The van der Waals surface area contributed by atoms with Gasteiger partial charge in [0.15, 0.2) is 5.75 Å². The summed E-state index contributed by atoms with van der Waals surface area (Å²) in [7, 11) is 0. The average Bonchev–Trinajstić information content (AvgIpc) is 2.19. The zero-order chi connectivity index (χ0) is 14.8. The van der Waals surface area contributed by atoms with E-state index in [0.717, 1.165) is 0 Å². The van der Waals surface area contributed by atoms with Gasteiger partial charge >= 0.3 is 12.5 Å². The predicted octanol–water partition coefficient (Wildman–Crippen LogP) is 3.20. The summed E-state index contributed by atoms with van der Waals surface area (Å²) < 4.78 is 89.8. The third kappa shape index (κ3) is 3.70. The highest BCUT2D eigenvalue weighted by Gasteiger charge is 2.41. The maximum absolute atomic E-state index is 13.0. The van der Waals surface area contributed by atoms with Crippen molar-refractivity contribution in [3.63, 3.8) is 0 Å². The van der Waals surface area contributed by atoms with Crippen LogP contribution in [0, 0.1) is 17.3 Å². The molecule has 0 aliphatic heterocycles. The fraction of sp³-hybridized carbons (Fsp3) is 0.333. The minimum absolute atomic E-state index is 0.144. The summed E-state index contributed by atoms with van der Waals surface area (Å²) in [4.78, 5) is 2.55. The number of nitrogens with zero attached hydrogens (tertiary/aromatic N) is 2. The molecule has 0 radical (unpaired) electrons. The zero-order valence-electron chi connectivity index (χ0n) is 8.73. The predicted molar refractivity (Wildman–Crippen MR) is 45.2 cm³/mol. The van der Waals surface area contributed by atoms with Crippen molar-refractivity contribution in [1.82, 2.24) is 4.98 Å². The minimum atomic E-state index is -5.30. The van der Waals surface area contributed by atoms with Crippen molar-refractivity contribution in [2.24, 2.45) is 0 Å². The molecule has 0 saturated carbocycles. The molecule has 0 N–H and O–H groups in total. The average molecular weight is 288 g/mol. The molecule has 19 heavy (non-hydrogen) atoms. The van der Waals surface area contributed by atoms with Crippen LogP contribution in [-0.2, 0) is 12.6 Å². The summed E-state index contributed by atoms with van der Waals surface area (Å²) in [6.07, 6.45) is -11.6. The number of rotatable bonds is 2. The Bertz CT molecular complexity index is 515. The topological polar surface area (TPSA) is 45.9 Å². The van der Waals surface area contributed by atoms with Crippen LogP contribution >= 0.6 is 0 Å². The molecule has 0 spiro atoms. The van der Waals surface area contributed by atoms with Crippen molar-refractivity contribution >= 4 is 0 Å². The largest absolute Gasteiger partial charge is 0.573 e. The molecule has 1 rings (SSSR count). The molecule has 1 aromatic rings. The first-order valence-corrected chi connectivity index (χ1v) is 4.43. The lowest BCUT2D eigenvalue weighted by atomic mass is 10.1. The molecule has 0 saturated heterocycles. The molecule has 0 amide bonds. The molecule has 10 heteroatoms. The highest BCUT2D eigenvalue weighted by Crippen LogP contribution is 2.38. The van der Waals surface area contributed by atoms with E-state index in [2.05, 4.69) is 9.72 Å². The molecule has 1 aromatic heterocycles. The van der Waals surface area contributed by atoms with Gasteiger partial charge in [-0.1, -0.05) is 0 Å². The number of nitriles is 1. The summed E-state index contributed by atoms with van der Waals surface area (Å²) in [5, 5.41) is 8.33. The van der Waals surface area contributed by atoms with Crippen LogP contribution in [0.25, 0.3) is 0 Å². The maximum Gasteiger partial charge on any atom is 0.573 e. The monoisotopic (exact) mass is 288 g/mol. The van der Waals surface area contributed by atoms with E-state index in [1.54, 1.807) is 0 Å². The van der Waals surface area contributed by atoms with E-state index < -0.39 is 41.8 Å². The first-order valence-electron chi connectivity index (χ1n) is 4.43. The molecule has 0 bridgehead atoms. The van der Waals surface area contributed by atoms with E-state index in [1.807, 2.05) is 0 Å². The normalized spacial score (nSPS) is 12.1. The van der Waals surface area contributed by atoms with Crippen LogP contribution in [0.1, 0.15) is 11.1 Å². The van der Waals surface area contributed by atoms with Crippen LogP contribution in [0.5, 0.6) is 5.75 Å². The number of aromatic nitrogens is 1. The van der Waals surface area contributed by atoms with Gasteiger partial charge in [-0.25, -0.2) is 4.98 Å². The van der Waals surface area contributed by atoms with Crippen LogP contribution in [0.2, 0.25) is 0 Å². The van der Waals surface area contributed by atoms with Crippen molar-refractivity contribution in [3.8, 4) is 11.8 Å². The molecule has 0 atom stereocenters. The van der Waals surface area contributed by atoms with Gasteiger partial charge in [0.05, 0.1) is 18.7 Å². The van der Waals surface area contributed by atoms with Gasteiger partial charge in [-0.15, -0.1) is 13.2 Å². The van der Waals surface area contributed by atoms with Crippen molar-refractivity contribution < 1.29 is 35.5 Å². The molecule has 0 aromatic carbocycles. The van der Waals surface area contributed by atoms with E-state index in [9.17, 15) is 30.7 Å². The van der Waals surface area contributed by atoms with Crippen molar-refractivity contribution in [2.45, 2.75) is 19.0 Å². The van der Waals surface area contributed by atoms with Crippen molar-refractivity contribution in [3.05, 3.63) is 23.3 Å². The molecule has 0 unspecified atom stereocenters. The molecule has 0 aliphatic carbocycles. The van der Waals surface area contributed by atoms with Crippen LogP contribution in [0.4, 0.5) is 30.7 Å². The molecule has 1 heterocycles. The molecule has 0 aliphatic rings. The fourth-order valence-electron chi connectivity index (χ4n) is 1.26. The second-order valence-electron chi connectivity index (χ2n) is 3.15. The van der Waals surface area contributed by atoms with Gasteiger partial charge in [0, 0.05) is 5.56 Å². The molecular weight excluding hydrogens is 285 g/mol. The number of halogens is 7. The van der Waals surface area contributed by atoms with Crippen molar-refractivity contribution in [2.75, 3.05) is 0 Å². The van der Waals surface area contributed by atoms with Crippen LogP contribution in [0.15, 0.2) is 6.20 Å². The van der Waals surface area contributed by atoms with Crippen LogP contribution < -0.4 is 4.74 Å². The number of alkyl halides is 6. The van der Waals surface area contributed by atoms with Gasteiger partial charge in [-0.2, -0.15) is 22.8 Å². The quantitative estimate of drug-likeness (QED) is 0.620. The van der Waals surface area contributed by atoms with Gasteiger partial charge < -0.3 is 4.74 Å². The zero-order valence-corrected chi connectivity index (χ0v) is 8.73. The van der Waals surface area contributed by atoms with E-state index in [-0.39, 0.29) is 6.20 Å². The summed E-state index contributed by atoms with van der Waals surface area (Å²) in [6.45, 7) is 0. The smallest absolute Gasteiger partial charge is 0.404 e. The summed E-state index contributed by atoms with van der Waals surface area (Å²) in [5.74, 6) is -3.38. The second kappa shape index (κ2) is 4.91. The highest BCUT2D eigenvalue weighted by molar-refractivity contribution is 5.41. The Hall–Kier alpha value is -2.05. The van der Waals surface area contributed by atoms with E-state index in [1.165, 1.54) is 6.07 Å². The lowest BCUT2D eigenvalue weighted by Gasteiger charge is -2.16. The molecule has 104 valence electrons. The molecule has 0 fully saturated rings. The van der Waals surface area contributed by atoms with E-state index in [0.29, 0.717) is 0 Å². The Kier molecular flexibility index (Phi) is 3.88. The maximum atomic E-state index is 13.0. The summed E-state index contributed by atoms with van der Waals surface area (Å²) in [5.41, 5.74) is -3.30. The van der Waals surface area contributed by atoms with Crippen LogP contribution in [0.3, 0.4) is 0 Å².